The van der Waals surface area contributed by atoms with Gasteiger partial charge in [-0.25, -0.2) is 0 Å². The minimum absolute atomic E-state index is 0.0509. The van der Waals surface area contributed by atoms with Gasteiger partial charge in [-0.2, -0.15) is 4.98 Å². The van der Waals surface area contributed by atoms with Crippen LogP contribution in [0, 0.1) is 0 Å². The van der Waals surface area contributed by atoms with Crippen molar-refractivity contribution >= 4 is 10.9 Å². The maximum Gasteiger partial charge on any atom is 0.268 e. The molecule has 0 aliphatic carbocycles. The van der Waals surface area contributed by atoms with Crippen molar-refractivity contribution in [1.82, 2.24) is 14.7 Å². The number of pyridine rings is 1. The summed E-state index contributed by atoms with van der Waals surface area (Å²) >= 11 is 0. The van der Waals surface area contributed by atoms with Gasteiger partial charge < -0.3 is 23.7 Å². The van der Waals surface area contributed by atoms with Crippen molar-refractivity contribution in [3.8, 4) is 40.1 Å². The second kappa shape index (κ2) is 6.52. The fraction of sp³-hybridized carbons (Fsp3) is 0.0952. The van der Waals surface area contributed by atoms with E-state index in [0.29, 0.717) is 28.0 Å². The van der Waals surface area contributed by atoms with E-state index < -0.39 is 5.56 Å². The first-order chi connectivity index (χ1) is 14.2. The number of rotatable bonds is 4. The molecule has 1 N–H and O–H groups in total. The largest absolute Gasteiger partial charge is 0.506 e. The first-order valence-corrected chi connectivity index (χ1v) is 8.87. The van der Waals surface area contributed by atoms with E-state index in [4.69, 9.17) is 14.0 Å². The maximum absolute atomic E-state index is 13.1. The summed E-state index contributed by atoms with van der Waals surface area (Å²) in [5, 5.41) is 15.3. The number of nitrogens with zero attached hydrogens (tertiary/aromatic N) is 3. The van der Waals surface area contributed by atoms with Gasteiger partial charge in [0.15, 0.2) is 11.5 Å². The summed E-state index contributed by atoms with van der Waals surface area (Å²) in [6.45, 7) is 4.14. The lowest BCUT2D eigenvalue weighted by Gasteiger charge is -2.11. The van der Waals surface area contributed by atoms with Crippen LogP contribution < -0.4 is 15.0 Å². The van der Waals surface area contributed by atoms with Gasteiger partial charge in [0.05, 0.1) is 5.52 Å². The van der Waals surface area contributed by atoms with Gasteiger partial charge >= 0.3 is 0 Å². The average molecular weight is 389 g/mol. The predicted molar refractivity (Wildman–Crippen MR) is 105 cm³/mol. The summed E-state index contributed by atoms with van der Waals surface area (Å²) in [6, 6.07) is 12.3. The van der Waals surface area contributed by atoms with E-state index in [1.54, 1.807) is 48.5 Å². The molecule has 1 aliphatic rings. The fourth-order valence-electron chi connectivity index (χ4n) is 3.37. The first kappa shape index (κ1) is 17.1. The van der Waals surface area contributed by atoms with Crippen LogP contribution in [0.1, 0.15) is 0 Å². The quantitative estimate of drug-likeness (QED) is 0.534. The van der Waals surface area contributed by atoms with Crippen LogP contribution in [0.2, 0.25) is 0 Å². The summed E-state index contributed by atoms with van der Waals surface area (Å²) in [6.07, 6.45) is 1.61. The molecule has 0 unspecified atom stereocenters. The van der Waals surface area contributed by atoms with Crippen molar-refractivity contribution < 1.29 is 19.1 Å². The highest BCUT2D eigenvalue weighted by Gasteiger charge is 2.23. The van der Waals surface area contributed by atoms with E-state index in [9.17, 15) is 9.90 Å². The summed E-state index contributed by atoms with van der Waals surface area (Å²) in [4.78, 5) is 17.4. The molecule has 4 aromatic rings. The molecule has 0 bridgehead atoms. The normalized spacial score (nSPS) is 12.4. The molecule has 0 radical (unpaired) electrons. The van der Waals surface area contributed by atoms with Gasteiger partial charge in [-0.1, -0.05) is 23.4 Å². The molecule has 0 atom stereocenters. The molecule has 144 valence electrons. The SMILES string of the molecule is C=CCn1c(=O)c(-c2nc(-c3ccc4c(c3)OCO4)no2)c(O)c2ccccc21. The number of para-hydroxylation sites is 1. The molecular formula is C21H15N3O5. The smallest absolute Gasteiger partial charge is 0.268 e. The second-order valence-corrected chi connectivity index (χ2v) is 6.44. The summed E-state index contributed by atoms with van der Waals surface area (Å²) in [7, 11) is 0. The Morgan fingerprint density at radius 1 is 1.17 bits per heavy atom. The molecule has 1 aliphatic heterocycles. The van der Waals surface area contributed by atoms with Gasteiger partial charge in [0, 0.05) is 17.5 Å². The van der Waals surface area contributed by atoms with Gasteiger partial charge in [0.25, 0.3) is 11.4 Å². The molecule has 2 aromatic heterocycles. The summed E-state index contributed by atoms with van der Waals surface area (Å²) < 4.78 is 17.5. The molecule has 0 spiro atoms. The number of benzene rings is 2. The lowest BCUT2D eigenvalue weighted by atomic mass is 10.1. The van der Waals surface area contributed by atoms with Crippen LogP contribution in [0.4, 0.5) is 0 Å². The Kier molecular flexibility index (Phi) is 3.83. The minimum atomic E-state index is -0.443. The van der Waals surface area contributed by atoms with Crippen molar-refractivity contribution in [2.24, 2.45) is 0 Å². The summed E-state index contributed by atoms with van der Waals surface area (Å²) in [5.41, 5.74) is 0.733. The van der Waals surface area contributed by atoms with Crippen molar-refractivity contribution in [2.45, 2.75) is 6.54 Å². The molecule has 8 nitrogen and oxygen atoms in total. The lowest BCUT2D eigenvalue weighted by Crippen LogP contribution is -2.22. The Morgan fingerprint density at radius 3 is 2.86 bits per heavy atom. The number of aromatic nitrogens is 3. The van der Waals surface area contributed by atoms with Crippen LogP contribution in [-0.2, 0) is 6.54 Å². The molecule has 0 saturated heterocycles. The Morgan fingerprint density at radius 2 is 2.00 bits per heavy atom. The molecule has 3 heterocycles. The van der Waals surface area contributed by atoms with Crippen LogP contribution in [0.3, 0.4) is 0 Å². The maximum atomic E-state index is 13.1. The zero-order chi connectivity index (χ0) is 20.0. The molecule has 0 amide bonds. The number of hydrogen-bond acceptors (Lipinski definition) is 7. The van der Waals surface area contributed by atoms with Crippen LogP contribution >= 0.6 is 0 Å². The molecule has 0 saturated carbocycles. The third kappa shape index (κ3) is 2.65. The molecule has 5 rings (SSSR count). The first-order valence-electron chi connectivity index (χ1n) is 8.87. The zero-order valence-corrected chi connectivity index (χ0v) is 15.2. The van der Waals surface area contributed by atoms with E-state index >= 15 is 0 Å². The van der Waals surface area contributed by atoms with Crippen molar-refractivity contribution in [3.63, 3.8) is 0 Å². The second-order valence-electron chi connectivity index (χ2n) is 6.44. The third-order valence-electron chi connectivity index (χ3n) is 4.73. The standard InChI is InChI=1S/C21H15N3O5/c1-2-9-24-14-6-4-3-5-13(14)18(25)17(21(24)26)20-22-19(23-29-20)12-7-8-15-16(10-12)28-11-27-15/h2-8,10,25H,1,9,11H2. The average Bonchev–Trinajstić information content (AvgIpc) is 3.40. The van der Waals surface area contributed by atoms with E-state index in [0.717, 1.165) is 0 Å². The predicted octanol–water partition coefficient (Wildman–Crippen LogP) is 3.34. The van der Waals surface area contributed by atoms with Crippen molar-refractivity contribution in [2.75, 3.05) is 6.79 Å². The third-order valence-corrected chi connectivity index (χ3v) is 4.73. The number of aromatic hydroxyl groups is 1. The van der Waals surface area contributed by atoms with Gasteiger partial charge in [0.2, 0.25) is 12.6 Å². The van der Waals surface area contributed by atoms with Crippen LogP contribution in [0.15, 0.2) is 64.4 Å². The summed E-state index contributed by atoms with van der Waals surface area (Å²) in [5.74, 6) is 1.21. The highest BCUT2D eigenvalue weighted by Crippen LogP contribution is 2.36. The Bertz CT molecular complexity index is 1320. The number of fused-ring (bicyclic) bond motifs is 2. The molecule has 29 heavy (non-hydrogen) atoms. The number of ether oxygens (including phenoxy) is 2. The molecule has 2 aromatic carbocycles. The van der Waals surface area contributed by atoms with Crippen LogP contribution in [-0.4, -0.2) is 26.6 Å². The van der Waals surface area contributed by atoms with E-state index in [-0.39, 0.29) is 36.4 Å². The van der Waals surface area contributed by atoms with Crippen molar-refractivity contribution in [1.29, 1.82) is 0 Å². The Hall–Kier alpha value is -4.07. The van der Waals surface area contributed by atoms with E-state index in [2.05, 4.69) is 16.7 Å². The Labute approximate surface area is 164 Å². The van der Waals surface area contributed by atoms with Gasteiger partial charge in [-0.15, -0.1) is 6.58 Å². The minimum Gasteiger partial charge on any atom is -0.506 e. The van der Waals surface area contributed by atoms with E-state index in [1.807, 2.05) is 0 Å². The molecular weight excluding hydrogens is 374 g/mol. The Balaban J connectivity index is 1.67. The monoisotopic (exact) mass is 389 g/mol. The van der Waals surface area contributed by atoms with Crippen LogP contribution in [0.25, 0.3) is 33.7 Å². The topological polar surface area (TPSA) is 99.6 Å². The van der Waals surface area contributed by atoms with Crippen LogP contribution in [0.5, 0.6) is 17.2 Å². The van der Waals surface area contributed by atoms with Gasteiger partial charge in [-0.05, 0) is 30.3 Å². The number of allylic oxidation sites excluding steroid dienone is 1. The van der Waals surface area contributed by atoms with E-state index in [1.165, 1.54) is 4.57 Å². The highest BCUT2D eigenvalue weighted by molar-refractivity contribution is 5.91. The van der Waals surface area contributed by atoms with Gasteiger partial charge in [-0.3, -0.25) is 4.79 Å². The fourth-order valence-corrected chi connectivity index (χ4v) is 3.37. The lowest BCUT2D eigenvalue weighted by molar-refractivity contribution is 0.174. The van der Waals surface area contributed by atoms with Gasteiger partial charge in [0.1, 0.15) is 11.3 Å². The zero-order valence-electron chi connectivity index (χ0n) is 15.2. The molecule has 8 heteroatoms. The number of hydrogen-bond donors (Lipinski definition) is 1. The molecule has 0 fully saturated rings. The van der Waals surface area contributed by atoms with Crippen molar-refractivity contribution in [3.05, 3.63) is 65.5 Å². The highest BCUT2D eigenvalue weighted by atomic mass is 16.7.